The molecule has 3 unspecified atom stereocenters. The van der Waals surface area contributed by atoms with Crippen molar-refractivity contribution < 1.29 is 23.9 Å². The van der Waals surface area contributed by atoms with Crippen LogP contribution in [-0.4, -0.2) is 52.9 Å². The van der Waals surface area contributed by atoms with Gasteiger partial charge in [-0.3, -0.25) is 14.4 Å². The number of benzene rings is 1. The summed E-state index contributed by atoms with van der Waals surface area (Å²) in [5.74, 6) is -1.64. The number of hydrogen-bond donors (Lipinski definition) is 3. The third-order valence-corrected chi connectivity index (χ3v) is 5.58. The van der Waals surface area contributed by atoms with Crippen molar-refractivity contribution in [1.82, 2.24) is 15.5 Å². The average molecular weight is 505 g/mol. The van der Waals surface area contributed by atoms with Gasteiger partial charge in [-0.15, -0.1) is 0 Å². The third kappa shape index (κ3) is 10.3. The van der Waals surface area contributed by atoms with Gasteiger partial charge in [0, 0.05) is 12.6 Å². The second kappa shape index (κ2) is 14.5. The maximum atomic E-state index is 13.9. The number of nitrogens with two attached hydrogens (primary N) is 1. The Labute approximate surface area is 215 Å². The Morgan fingerprint density at radius 3 is 2.22 bits per heavy atom. The van der Waals surface area contributed by atoms with Gasteiger partial charge in [0.1, 0.15) is 17.7 Å². The van der Waals surface area contributed by atoms with Crippen LogP contribution in [0.25, 0.3) is 0 Å². The second-order valence-corrected chi connectivity index (χ2v) is 10.2. The van der Waals surface area contributed by atoms with E-state index < -0.39 is 42.0 Å². The van der Waals surface area contributed by atoms with Gasteiger partial charge in [0.15, 0.2) is 0 Å². The van der Waals surface area contributed by atoms with Crippen LogP contribution in [0.5, 0.6) is 0 Å². The highest BCUT2D eigenvalue weighted by Crippen LogP contribution is 2.27. The van der Waals surface area contributed by atoms with Gasteiger partial charge in [0.2, 0.25) is 17.7 Å². The summed E-state index contributed by atoms with van der Waals surface area (Å²) in [7, 11) is 0. The number of nitrogens with zero attached hydrogens (tertiary/aromatic N) is 1. The SMILES string of the molecule is CCCCN(C(=O)C(CC(N)=O)NC(=O)OC(C)(C)C)C(C(=O)NC(C)CCC)c1ccccc1C. The van der Waals surface area contributed by atoms with Crippen LogP contribution in [-0.2, 0) is 19.1 Å². The summed E-state index contributed by atoms with van der Waals surface area (Å²) in [6, 6.07) is 5.08. The van der Waals surface area contributed by atoms with Gasteiger partial charge in [-0.05, 0) is 58.6 Å². The Bertz CT molecular complexity index is 896. The number of primary amides is 1. The predicted octanol–water partition coefficient (Wildman–Crippen LogP) is 3.74. The lowest BCUT2D eigenvalue weighted by Gasteiger charge is -2.35. The lowest BCUT2D eigenvalue weighted by molar-refractivity contribution is -0.143. The molecule has 1 rings (SSSR count). The Morgan fingerprint density at radius 1 is 1.06 bits per heavy atom. The number of carbonyl (C=O) groups is 4. The maximum absolute atomic E-state index is 13.9. The molecule has 0 saturated carbocycles. The molecule has 0 fully saturated rings. The Balaban J connectivity index is 3.49. The molecule has 1 aromatic carbocycles. The second-order valence-electron chi connectivity index (χ2n) is 10.2. The number of amides is 4. The molecule has 0 aliphatic rings. The van der Waals surface area contributed by atoms with E-state index in [1.807, 2.05) is 52.0 Å². The van der Waals surface area contributed by atoms with Crippen LogP contribution >= 0.6 is 0 Å². The number of alkyl carbamates (subject to hydrolysis) is 1. The Hall–Kier alpha value is -3.10. The van der Waals surface area contributed by atoms with E-state index >= 15 is 0 Å². The minimum atomic E-state index is -1.28. The number of rotatable bonds is 13. The summed E-state index contributed by atoms with van der Waals surface area (Å²) in [6.07, 6.45) is 1.83. The van der Waals surface area contributed by atoms with E-state index in [4.69, 9.17) is 10.5 Å². The monoisotopic (exact) mass is 504 g/mol. The standard InChI is InChI=1S/C27H44N4O5/c1-8-10-16-31(25(34)21(17-22(28)32)30-26(35)36-27(5,6)7)23(20-15-12-11-14-18(20)3)24(33)29-19(4)13-9-2/h11-12,14-15,19,21,23H,8-10,13,16-17H2,1-7H3,(H2,28,32)(H,29,33)(H,30,35). The first-order chi connectivity index (χ1) is 16.8. The van der Waals surface area contributed by atoms with Gasteiger partial charge in [0.05, 0.1) is 6.42 Å². The summed E-state index contributed by atoms with van der Waals surface area (Å²) in [5.41, 5.74) is 6.15. The highest BCUT2D eigenvalue weighted by atomic mass is 16.6. The number of nitrogens with one attached hydrogen (secondary N) is 2. The van der Waals surface area contributed by atoms with Gasteiger partial charge in [-0.25, -0.2) is 4.79 Å². The molecule has 0 spiro atoms. The molecule has 0 radical (unpaired) electrons. The molecule has 4 N–H and O–H groups in total. The van der Waals surface area contributed by atoms with Gasteiger partial charge >= 0.3 is 6.09 Å². The Morgan fingerprint density at radius 2 is 1.69 bits per heavy atom. The number of aryl methyl sites for hydroxylation is 1. The van der Waals surface area contributed by atoms with Gasteiger partial charge in [-0.1, -0.05) is 51.0 Å². The van der Waals surface area contributed by atoms with E-state index in [9.17, 15) is 19.2 Å². The quantitative estimate of drug-likeness (QED) is 0.377. The minimum Gasteiger partial charge on any atom is -0.444 e. The van der Waals surface area contributed by atoms with E-state index in [1.54, 1.807) is 20.8 Å². The van der Waals surface area contributed by atoms with Crippen LogP contribution < -0.4 is 16.4 Å². The zero-order valence-corrected chi connectivity index (χ0v) is 22.8. The number of unbranched alkanes of at least 4 members (excludes halogenated alkanes) is 1. The maximum Gasteiger partial charge on any atom is 0.408 e. The zero-order valence-electron chi connectivity index (χ0n) is 22.8. The number of carbonyl (C=O) groups excluding carboxylic acids is 4. The molecule has 9 nitrogen and oxygen atoms in total. The van der Waals surface area contributed by atoms with E-state index in [-0.39, 0.29) is 18.5 Å². The fourth-order valence-electron chi connectivity index (χ4n) is 3.92. The molecule has 3 atom stereocenters. The van der Waals surface area contributed by atoms with Crippen molar-refractivity contribution in [2.75, 3.05) is 6.54 Å². The largest absolute Gasteiger partial charge is 0.444 e. The molecule has 9 heteroatoms. The lowest BCUT2D eigenvalue weighted by atomic mass is 9.97. The third-order valence-electron chi connectivity index (χ3n) is 5.58. The van der Waals surface area contributed by atoms with Crippen molar-refractivity contribution in [2.24, 2.45) is 5.73 Å². The van der Waals surface area contributed by atoms with Crippen molar-refractivity contribution in [3.63, 3.8) is 0 Å². The number of hydrogen-bond acceptors (Lipinski definition) is 5. The van der Waals surface area contributed by atoms with E-state index in [2.05, 4.69) is 10.6 Å². The molecular formula is C27H44N4O5. The molecule has 0 saturated heterocycles. The van der Waals surface area contributed by atoms with Crippen molar-refractivity contribution >= 4 is 23.8 Å². The molecule has 0 aliphatic carbocycles. The van der Waals surface area contributed by atoms with Crippen molar-refractivity contribution in [1.29, 1.82) is 0 Å². The smallest absolute Gasteiger partial charge is 0.408 e. The van der Waals surface area contributed by atoms with Gasteiger partial charge in [-0.2, -0.15) is 0 Å². The van der Waals surface area contributed by atoms with Crippen LogP contribution in [0.1, 0.15) is 90.8 Å². The topological polar surface area (TPSA) is 131 Å². The molecule has 202 valence electrons. The minimum absolute atomic E-state index is 0.0848. The van der Waals surface area contributed by atoms with Gasteiger partial charge < -0.3 is 26.0 Å². The van der Waals surface area contributed by atoms with E-state index in [0.29, 0.717) is 12.0 Å². The summed E-state index contributed by atoms with van der Waals surface area (Å²) < 4.78 is 5.30. The molecule has 0 aromatic heterocycles. The van der Waals surface area contributed by atoms with Crippen LogP contribution in [0.2, 0.25) is 0 Å². The van der Waals surface area contributed by atoms with Crippen LogP contribution in [0.4, 0.5) is 4.79 Å². The Kier molecular flexibility index (Phi) is 12.4. The fourth-order valence-corrected chi connectivity index (χ4v) is 3.92. The highest BCUT2D eigenvalue weighted by molar-refractivity contribution is 5.94. The summed E-state index contributed by atoms with van der Waals surface area (Å²) in [4.78, 5) is 53.3. The summed E-state index contributed by atoms with van der Waals surface area (Å²) in [5, 5.41) is 5.53. The zero-order chi connectivity index (χ0) is 27.5. The molecule has 0 bridgehead atoms. The molecule has 0 heterocycles. The fraction of sp³-hybridized carbons (Fsp3) is 0.630. The van der Waals surface area contributed by atoms with E-state index in [0.717, 1.165) is 24.8 Å². The molecule has 4 amide bonds. The van der Waals surface area contributed by atoms with Crippen molar-refractivity contribution in [3.05, 3.63) is 35.4 Å². The first kappa shape index (κ1) is 30.9. The van der Waals surface area contributed by atoms with E-state index in [1.165, 1.54) is 4.90 Å². The number of ether oxygens (including phenoxy) is 1. The van der Waals surface area contributed by atoms with Crippen LogP contribution in [0.15, 0.2) is 24.3 Å². The lowest BCUT2D eigenvalue weighted by Crippen LogP contribution is -2.54. The van der Waals surface area contributed by atoms with Crippen molar-refractivity contribution in [2.45, 2.75) is 104 Å². The van der Waals surface area contributed by atoms with Crippen LogP contribution in [0, 0.1) is 6.92 Å². The predicted molar refractivity (Wildman–Crippen MR) is 140 cm³/mol. The molecule has 36 heavy (non-hydrogen) atoms. The first-order valence-electron chi connectivity index (χ1n) is 12.7. The highest BCUT2D eigenvalue weighted by Gasteiger charge is 2.37. The first-order valence-corrected chi connectivity index (χ1v) is 12.7. The molecule has 0 aliphatic heterocycles. The summed E-state index contributed by atoms with van der Waals surface area (Å²) >= 11 is 0. The molecular weight excluding hydrogens is 460 g/mol. The van der Waals surface area contributed by atoms with Crippen molar-refractivity contribution in [3.8, 4) is 0 Å². The average Bonchev–Trinajstić information content (AvgIpc) is 2.75. The summed E-state index contributed by atoms with van der Waals surface area (Å²) in [6.45, 7) is 13.2. The molecule has 1 aromatic rings. The normalized spacial score (nSPS) is 13.8. The van der Waals surface area contributed by atoms with Crippen LogP contribution in [0.3, 0.4) is 0 Å². The van der Waals surface area contributed by atoms with Gasteiger partial charge in [0.25, 0.3) is 0 Å².